The van der Waals surface area contributed by atoms with Crippen molar-refractivity contribution in [2.45, 2.75) is 26.4 Å². The third-order valence-corrected chi connectivity index (χ3v) is 1.04. The van der Waals surface area contributed by atoms with Crippen LogP contribution in [0, 0.1) is 0 Å². The zero-order valence-electron chi connectivity index (χ0n) is 7.14. The van der Waals surface area contributed by atoms with E-state index in [0.29, 0.717) is 0 Å². The summed E-state index contributed by atoms with van der Waals surface area (Å²) in [6.07, 6.45) is 5.56. The molecule has 0 unspecified atom stereocenters. The van der Waals surface area contributed by atoms with Crippen LogP contribution in [0.4, 0.5) is 0 Å². The Bertz CT molecular complexity index is 264. The van der Waals surface area contributed by atoms with Crippen LogP contribution in [-0.2, 0) is 4.74 Å². The van der Waals surface area contributed by atoms with Crippen molar-refractivity contribution < 1.29 is 4.74 Å². The summed E-state index contributed by atoms with van der Waals surface area (Å²) in [5.74, 6) is 0.750. The van der Waals surface area contributed by atoms with Gasteiger partial charge in [-0.3, -0.25) is 0 Å². The van der Waals surface area contributed by atoms with Gasteiger partial charge in [-0.15, -0.1) is 0 Å². The first-order chi connectivity index (χ1) is 5.08. The molecular formula is C10H12O. The predicted octanol–water partition coefficient (Wildman–Crippen LogP) is 2.57. The molecule has 0 bridgehead atoms. The first kappa shape index (κ1) is 7.94. The van der Waals surface area contributed by atoms with Gasteiger partial charge < -0.3 is 4.74 Å². The highest BCUT2D eigenvalue weighted by atomic mass is 16.5. The van der Waals surface area contributed by atoms with Crippen LogP contribution < -0.4 is 0 Å². The zero-order chi connectivity index (χ0) is 8.32. The van der Waals surface area contributed by atoms with E-state index in [1.54, 1.807) is 6.08 Å². The van der Waals surface area contributed by atoms with Gasteiger partial charge in [0.15, 0.2) is 5.76 Å². The minimum absolute atomic E-state index is 0.147. The van der Waals surface area contributed by atoms with Crippen LogP contribution in [0.1, 0.15) is 20.8 Å². The van der Waals surface area contributed by atoms with Crippen molar-refractivity contribution in [1.29, 1.82) is 0 Å². The van der Waals surface area contributed by atoms with E-state index < -0.39 is 0 Å². The lowest BCUT2D eigenvalue weighted by atomic mass is 10.2. The minimum atomic E-state index is -0.147. The molecule has 0 fully saturated rings. The van der Waals surface area contributed by atoms with Crippen LogP contribution in [0.5, 0.6) is 0 Å². The molecule has 1 aliphatic rings. The van der Waals surface area contributed by atoms with Gasteiger partial charge in [0.1, 0.15) is 5.60 Å². The second kappa shape index (κ2) is 2.84. The Morgan fingerprint density at radius 3 is 2.55 bits per heavy atom. The lowest BCUT2D eigenvalue weighted by molar-refractivity contribution is 0.0604. The van der Waals surface area contributed by atoms with E-state index in [-0.39, 0.29) is 5.60 Å². The number of hydrogen-bond acceptors (Lipinski definition) is 1. The molecule has 1 nitrogen and oxygen atoms in total. The van der Waals surface area contributed by atoms with Crippen LogP contribution >= 0.6 is 0 Å². The topological polar surface area (TPSA) is 9.23 Å². The fraction of sp³-hybridized carbons (Fsp3) is 0.400. The molecule has 0 N–H and O–H groups in total. The average molecular weight is 148 g/mol. The monoisotopic (exact) mass is 148 g/mol. The van der Waals surface area contributed by atoms with Crippen molar-refractivity contribution >= 4 is 0 Å². The van der Waals surface area contributed by atoms with Crippen LogP contribution in [0.3, 0.4) is 0 Å². The molecule has 0 spiro atoms. The zero-order valence-corrected chi connectivity index (χ0v) is 7.14. The largest absolute Gasteiger partial charge is 0.480 e. The van der Waals surface area contributed by atoms with E-state index in [9.17, 15) is 0 Å². The lowest BCUT2D eigenvalue weighted by Gasteiger charge is -2.20. The minimum Gasteiger partial charge on any atom is -0.480 e. The Labute approximate surface area is 67.4 Å². The van der Waals surface area contributed by atoms with E-state index in [1.165, 1.54) is 0 Å². The summed E-state index contributed by atoms with van der Waals surface area (Å²) in [7, 11) is 0. The van der Waals surface area contributed by atoms with Crippen LogP contribution in [0.25, 0.3) is 0 Å². The molecule has 0 amide bonds. The molecule has 0 radical (unpaired) electrons. The first-order valence-electron chi connectivity index (χ1n) is 3.65. The number of rotatable bonds is 1. The highest BCUT2D eigenvalue weighted by Crippen LogP contribution is 2.14. The molecule has 0 atom stereocenters. The maximum atomic E-state index is 5.51. The van der Waals surface area contributed by atoms with Gasteiger partial charge in [0, 0.05) is 0 Å². The average Bonchev–Trinajstić information content (AvgIpc) is 1.85. The smallest absolute Gasteiger partial charge is 0.171 e. The van der Waals surface area contributed by atoms with Gasteiger partial charge in [0.25, 0.3) is 0 Å². The first-order valence-corrected chi connectivity index (χ1v) is 3.65. The van der Waals surface area contributed by atoms with Crippen LogP contribution in [0.15, 0.2) is 35.4 Å². The third kappa shape index (κ3) is 2.95. The molecule has 0 heterocycles. The van der Waals surface area contributed by atoms with E-state index >= 15 is 0 Å². The maximum absolute atomic E-state index is 5.51. The third-order valence-electron chi connectivity index (χ3n) is 1.04. The molecular weight excluding hydrogens is 136 g/mol. The molecule has 0 aromatic rings. The summed E-state index contributed by atoms with van der Waals surface area (Å²) in [4.78, 5) is 0. The van der Waals surface area contributed by atoms with Gasteiger partial charge >= 0.3 is 0 Å². The molecule has 0 aliphatic heterocycles. The van der Waals surface area contributed by atoms with Gasteiger partial charge in [0.05, 0.1) is 0 Å². The second-order valence-electron chi connectivity index (χ2n) is 3.37. The molecule has 1 heteroatoms. The van der Waals surface area contributed by atoms with Gasteiger partial charge in [-0.2, -0.15) is 0 Å². The lowest BCUT2D eigenvalue weighted by Crippen LogP contribution is -2.17. The molecule has 58 valence electrons. The van der Waals surface area contributed by atoms with Crippen molar-refractivity contribution in [2.24, 2.45) is 0 Å². The summed E-state index contributed by atoms with van der Waals surface area (Å²) < 4.78 is 5.51. The van der Waals surface area contributed by atoms with E-state index in [4.69, 9.17) is 4.74 Å². The summed E-state index contributed by atoms with van der Waals surface area (Å²) in [5, 5.41) is 0. The summed E-state index contributed by atoms with van der Waals surface area (Å²) in [6.45, 7) is 6.02. The normalized spacial score (nSPS) is 15.0. The Balaban J connectivity index is 2.72. The van der Waals surface area contributed by atoms with Gasteiger partial charge in [-0.05, 0) is 44.7 Å². The molecule has 0 saturated heterocycles. The molecule has 1 aliphatic carbocycles. The summed E-state index contributed by atoms with van der Waals surface area (Å²) in [6, 6.07) is 0. The highest BCUT2D eigenvalue weighted by molar-refractivity contribution is 5.21. The van der Waals surface area contributed by atoms with Crippen molar-refractivity contribution in [1.82, 2.24) is 0 Å². The second-order valence-corrected chi connectivity index (χ2v) is 3.37. The van der Waals surface area contributed by atoms with Crippen molar-refractivity contribution in [3.05, 3.63) is 35.4 Å². The molecule has 1 rings (SSSR count). The fourth-order valence-electron chi connectivity index (χ4n) is 0.727. The molecule has 11 heavy (non-hydrogen) atoms. The molecule has 0 aromatic carbocycles. The highest BCUT2D eigenvalue weighted by Gasteiger charge is 2.11. The Kier molecular flexibility index (Phi) is 2.05. The van der Waals surface area contributed by atoms with Gasteiger partial charge in [-0.25, -0.2) is 0 Å². The van der Waals surface area contributed by atoms with Crippen molar-refractivity contribution in [2.75, 3.05) is 0 Å². The van der Waals surface area contributed by atoms with E-state index in [2.05, 4.69) is 11.5 Å². The predicted molar refractivity (Wildman–Crippen MR) is 45.1 cm³/mol. The number of allylic oxidation sites excluding steroid dienone is 3. The summed E-state index contributed by atoms with van der Waals surface area (Å²) >= 11 is 0. The summed E-state index contributed by atoms with van der Waals surface area (Å²) in [5.41, 5.74) is 5.56. The quantitative estimate of drug-likeness (QED) is 0.519. The van der Waals surface area contributed by atoms with Crippen LogP contribution in [0.2, 0.25) is 0 Å². The Hall–Kier alpha value is -1.16. The van der Waals surface area contributed by atoms with Crippen molar-refractivity contribution in [3.8, 4) is 0 Å². The molecule has 0 saturated carbocycles. The van der Waals surface area contributed by atoms with Crippen molar-refractivity contribution in [3.63, 3.8) is 0 Å². The van der Waals surface area contributed by atoms with Gasteiger partial charge in [-0.1, -0.05) is 5.73 Å². The number of hydrogen-bond donors (Lipinski definition) is 0. The molecule has 0 aromatic heterocycles. The number of ether oxygens (including phenoxy) is 1. The van der Waals surface area contributed by atoms with E-state index in [1.807, 2.05) is 32.9 Å². The maximum Gasteiger partial charge on any atom is 0.171 e. The fourth-order valence-corrected chi connectivity index (χ4v) is 0.727. The Morgan fingerprint density at radius 2 is 2.09 bits per heavy atom. The SMILES string of the molecule is CC(C)(C)OC1=C=C=CC=C1. The standard InChI is InChI=1S/C10H12O/c1-10(2,3)11-9-7-5-4-6-8-9/h4-5,7H,1-3H3. The Morgan fingerprint density at radius 1 is 1.36 bits per heavy atom. The van der Waals surface area contributed by atoms with E-state index in [0.717, 1.165) is 5.76 Å². The van der Waals surface area contributed by atoms with Crippen LogP contribution in [-0.4, -0.2) is 5.60 Å². The van der Waals surface area contributed by atoms with Gasteiger partial charge in [0.2, 0.25) is 0 Å².